The number of aryl methyl sites for hydroxylation is 2. The number of likely N-dealkylation sites (N-methyl/N-ethyl adjacent to an activating group) is 1. The van der Waals surface area contributed by atoms with E-state index in [4.69, 9.17) is 0 Å². The van der Waals surface area contributed by atoms with Gasteiger partial charge in [-0.25, -0.2) is 0 Å². The van der Waals surface area contributed by atoms with Crippen molar-refractivity contribution in [1.82, 2.24) is 4.90 Å². The third-order valence-electron chi connectivity index (χ3n) is 5.71. The molecule has 3 rings (SSSR count). The van der Waals surface area contributed by atoms with E-state index in [0.717, 1.165) is 29.7 Å². The molecule has 0 bridgehead atoms. The summed E-state index contributed by atoms with van der Waals surface area (Å²) >= 11 is 0. The number of nitrogens with one attached hydrogen (secondary N) is 2. The highest BCUT2D eigenvalue weighted by atomic mass is 16.2. The zero-order chi connectivity index (χ0) is 23.3. The molecule has 3 amide bonds. The topological polar surface area (TPSA) is 81.8 Å². The van der Waals surface area contributed by atoms with E-state index in [9.17, 15) is 14.4 Å². The Kier molecular flexibility index (Phi) is 7.64. The summed E-state index contributed by atoms with van der Waals surface area (Å²) in [6.45, 7) is 6.15. The number of amides is 3. The Morgan fingerprint density at radius 1 is 1.06 bits per heavy atom. The van der Waals surface area contributed by atoms with Gasteiger partial charge in [0.15, 0.2) is 0 Å². The minimum absolute atomic E-state index is 0.0658. The maximum absolute atomic E-state index is 13.2. The summed E-state index contributed by atoms with van der Waals surface area (Å²) < 4.78 is 0. The number of benzene rings is 2. The van der Waals surface area contributed by atoms with E-state index in [1.807, 2.05) is 43.3 Å². The van der Waals surface area contributed by atoms with Gasteiger partial charge >= 0.3 is 0 Å². The average molecular weight is 437 g/mol. The van der Waals surface area contributed by atoms with E-state index in [2.05, 4.69) is 24.5 Å². The first-order valence-corrected chi connectivity index (χ1v) is 11.1. The molecule has 0 radical (unpaired) electrons. The van der Waals surface area contributed by atoms with Crippen molar-refractivity contribution in [3.8, 4) is 0 Å². The van der Waals surface area contributed by atoms with Gasteiger partial charge in [-0.1, -0.05) is 44.2 Å². The van der Waals surface area contributed by atoms with Crippen LogP contribution in [0.5, 0.6) is 0 Å². The zero-order valence-electron chi connectivity index (χ0n) is 19.3. The number of hydrogen-bond donors (Lipinski definition) is 2. The van der Waals surface area contributed by atoms with Crippen LogP contribution in [0, 0.1) is 0 Å². The van der Waals surface area contributed by atoms with Crippen LogP contribution in [0.4, 0.5) is 17.1 Å². The summed E-state index contributed by atoms with van der Waals surface area (Å²) in [5, 5.41) is 5.91. The molecular formula is C25H32N4O3. The number of carbonyl (C=O) groups excluding carboxylic acids is 3. The number of carbonyl (C=O) groups is 3. The fourth-order valence-electron chi connectivity index (χ4n) is 4.16. The normalized spacial score (nSPS) is 15.7. The van der Waals surface area contributed by atoms with Crippen molar-refractivity contribution in [2.24, 2.45) is 0 Å². The van der Waals surface area contributed by atoms with E-state index in [-0.39, 0.29) is 43.3 Å². The van der Waals surface area contributed by atoms with Gasteiger partial charge in [-0.2, -0.15) is 0 Å². The summed E-state index contributed by atoms with van der Waals surface area (Å²) in [4.78, 5) is 41.5. The predicted octanol–water partition coefficient (Wildman–Crippen LogP) is 3.45. The molecule has 170 valence electrons. The van der Waals surface area contributed by atoms with Crippen LogP contribution in [0.25, 0.3) is 0 Å². The lowest BCUT2D eigenvalue weighted by molar-refractivity contribution is -0.121. The second-order valence-electron chi connectivity index (χ2n) is 8.26. The molecule has 2 aromatic carbocycles. The molecule has 2 aromatic rings. The molecule has 0 spiro atoms. The van der Waals surface area contributed by atoms with Crippen LogP contribution in [-0.2, 0) is 27.2 Å². The van der Waals surface area contributed by atoms with Gasteiger partial charge in [0, 0.05) is 18.2 Å². The lowest BCUT2D eigenvalue weighted by Crippen LogP contribution is -2.45. The van der Waals surface area contributed by atoms with Gasteiger partial charge < -0.3 is 15.5 Å². The van der Waals surface area contributed by atoms with Crippen molar-refractivity contribution in [2.75, 3.05) is 35.7 Å². The van der Waals surface area contributed by atoms with Crippen LogP contribution in [0.2, 0.25) is 0 Å². The van der Waals surface area contributed by atoms with Crippen molar-refractivity contribution in [3.05, 3.63) is 53.6 Å². The largest absolute Gasteiger partial charge is 0.324 e. The molecule has 0 unspecified atom stereocenters. The van der Waals surface area contributed by atoms with E-state index < -0.39 is 0 Å². The Morgan fingerprint density at radius 3 is 2.38 bits per heavy atom. The van der Waals surface area contributed by atoms with Crippen molar-refractivity contribution in [2.45, 2.75) is 46.1 Å². The van der Waals surface area contributed by atoms with Crippen LogP contribution < -0.4 is 15.5 Å². The molecule has 1 aliphatic heterocycles. The zero-order valence-corrected chi connectivity index (χ0v) is 19.3. The van der Waals surface area contributed by atoms with Gasteiger partial charge in [0.05, 0.1) is 24.5 Å². The Bertz CT molecular complexity index is 982. The Balaban J connectivity index is 1.69. The maximum Gasteiger partial charge on any atom is 0.241 e. The minimum Gasteiger partial charge on any atom is -0.324 e. The number of hydrogen-bond acceptors (Lipinski definition) is 4. The third-order valence-corrected chi connectivity index (χ3v) is 5.71. The van der Waals surface area contributed by atoms with Gasteiger partial charge in [0.2, 0.25) is 17.7 Å². The van der Waals surface area contributed by atoms with E-state index in [1.165, 1.54) is 0 Å². The van der Waals surface area contributed by atoms with E-state index in [0.29, 0.717) is 11.4 Å². The van der Waals surface area contributed by atoms with Gasteiger partial charge in [-0.15, -0.1) is 0 Å². The molecule has 7 heteroatoms. The van der Waals surface area contributed by atoms with Crippen LogP contribution in [-0.4, -0.2) is 48.8 Å². The highest BCUT2D eigenvalue weighted by Gasteiger charge is 2.30. The lowest BCUT2D eigenvalue weighted by atomic mass is 10.0. The van der Waals surface area contributed by atoms with Crippen molar-refractivity contribution < 1.29 is 14.4 Å². The number of fused-ring (bicyclic) bond motifs is 1. The quantitative estimate of drug-likeness (QED) is 0.697. The summed E-state index contributed by atoms with van der Waals surface area (Å²) in [7, 11) is 1.75. The lowest BCUT2D eigenvalue weighted by Gasteiger charge is -2.29. The number of nitrogens with zero attached hydrogens (tertiary/aromatic N) is 2. The Labute approximate surface area is 189 Å². The molecule has 0 aromatic heterocycles. The predicted molar refractivity (Wildman–Crippen MR) is 128 cm³/mol. The standard InChI is InChI=1S/C25H32N4O3/c1-5-18-10-9-11-19(6-2)25(18)27-23(31)15-28(4)16-24(32)29-17(3)14-22(30)26-20-12-7-8-13-21(20)29/h7-13,17H,5-6,14-16H2,1-4H3,(H,26,30)(H,27,31)/t17-/m0/s1. The van der Waals surface area contributed by atoms with Gasteiger partial charge in [0.25, 0.3) is 0 Å². The smallest absolute Gasteiger partial charge is 0.241 e. The molecule has 1 heterocycles. The van der Waals surface area contributed by atoms with Gasteiger partial charge in [-0.05, 0) is 50.1 Å². The van der Waals surface area contributed by atoms with Crippen molar-refractivity contribution in [1.29, 1.82) is 0 Å². The maximum atomic E-state index is 13.2. The SMILES string of the molecule is CCc1cccc(CC)c1NC(=O)CN(C)CC(=O)N1c2ccccc2NC(=O)C[C@@H]1C. The minimum atomic E-state index is -0.281. The number of para-hydroxylation sites is 3. The second-order valence-corrected chi connectivity index (χ2v) is 8.26. The summed E-state index contributed by atoms with van der Waals surface area (Å²) in [6.07, 6.45) is 1.88. The molecule has 2 N–H and O–H groups in total. The molecule has 1 aliphatic rings. The van der Waals surface area contributed by atoms with E-state index in [1.54, 1.807) is 22.9 Å². The van der Waals surface area contributed by atoms with Crippen LogP contribution in [0.15, 0.2) is 42.5 Å². The monoisotopic (exact) mass is 436 g/mol. The van der Waals surface area contributed by atoms with E-state index >= 15 is 0 Å². The molecule has 0 fully saturated rings. The Morgan fingerprint density at radius 2 is 1.72 bits per heavy atom. The summed E-state index contributed by atoms with van der Waals surface area (Å²) in [5.74, 6) is -0.425. The van der Waals surface area contributed by atoms with Crippen LogP contribution >= 0.6 is 0 Å². The average Bonchev–Trinajstić information content (AvgIpc) is 2.87. The second kappa shape index (κ2) is 10.4. The summed E-state index contributed by atoms with van der Waals surface area (Å²) in [5.41, 5.74) is 4.38. The molecule has 32 heavy (non-hydrogen) atoms. The van der Waals surface area contributed by atoms with Crippen molar-refractivity contribution >= 4 is 34.8 Å². The molecule has 0 saturated carbocycles. The Hall–Kier alpha value is -3.19. The molecule has 7 nitrogen and oxygen atoms in total. The molecular weight excluding hydrogens is 404 g/mol. The van der Waals surface area contributed by atoms with Gasteiger partial charge in [0.1, 0.15) is 0 Å². The fraction of sp³-hybridized carbons (Fsp3) is 0.400. The number of rotatable bonds is 7. The van der Waals surface area contributed by atoms with Crippen LogP contribution in [0.3, 0.4) is 0 Å². The van der Waals surface area contributed by atoms with Crippen LogP contribution in [0.1, 0.15) is 38.3 Å². The van der Waals surface area contributed by atoms with Gasteiger partial charge in [-0.3, -0.25) is 19.3 Å². The summed E-state index contributed by atoms with van der Waals surface area (Å²) in [6, 6.07) is 13.1. The fourth-order valence-corrected chi connectivity index (χ4v) is 4.16. The first kappa shape index (κ1) is 23.5. The molecule has 0 saturated heterocycles. The highest BCUT2D eigenvalue weighted by molar-refractivity contribution is 6.05. The first-order valence-electron chi connectivity index (χ1n) is 11.1. The van der Waals surface area contributed by atoms with Crippen molar-refractivity contribution in [3.63, 3.8) is 0 Å². The molecule has 1 atom stereocenters. The highest BCUT2D eigenvalue weighted by Crippen LogP contribution is 2.31. The third kappa shape index (κ3) is 5.34. The first-order chi connectivity index (χ1) is 15.3. The number of anilines is 3. The molecule has 0 aliphatic carbocycles.